The van der Waals surface area contributed by atoms with E-state index < -0.39 is 18.0 Å². The lowest BCUT2D eigenvalue weighted by Gasteiger charge is -2.38. The van der Waals surface area contributed by atoms with Crippen LogP contribution in [0.2, 0.25) is 0 Å². The molecule has 3 aromatic rings. The van der Waals surface area contributed by atoms with Gasteiger partial charge in [0.25, 0.3) is 0 Å². The Hall–Kier alpha value is -3.52. The molecule has 1 atom stereocenters. The summed E-state index contributed by atoms with van der Waals surface area (Å²) in [5.74, 6) is -1.10. The minimum atomic E-state index is -0.965. The molecule has 2 aromatic carbocycles. The van der Waals surface area contributed by atoms with Gasteiger partial charge in [0.2, 0.25) is 0 Å². The monoisotopic (exact) mass is 423 g/mol. The zero-order chi connectivity index (χ0) is 22.0. The van der Waals surface area contributed by atoms with E-state index in [9.17, 15) is 19.8 Å². The van der Waals surface area contributed by atoms with E-state index in [4.69, 9.17) is 4.74 Å². The number of carbonyl (C=O) groups is 2. The van der Waals surface area contributed by atoms with Crippen LogP contribution in [0.3, 0.4) is 0 Å². The van der Waals surface area contributed by atoms with Gasteiger partial charge in [0.05, 0.1) is 7.11 Å². The second kappa shape index (κ2) is 8.69. The van der Waals surface area contributed by atoms with Crippen molar-refractivity contribution in [3.8, 4) is 5.75 Å². The average molecular weight is 423 g/mol. The van der Waals surface area contributed by atoms with Crippen molar-refractivity contribution in [3.63, 3.8) is 0 Å². The number of hydrogen-bond acceptors (Lipinski definition) is 5. The van der Waals surface area contributed by atoms with Crippen molar-refractivity contribution >= 4 is 28.5 Å². The van der Waals surface area contributed by atoms with Crippen molar-refractivity contribution in [2.45, 2.75) is 12.6 Å². The van der Waals surface area contributed by atoms with Crippen LogP contribution in [0.5, 0.6) is 5.75 Å². The first kappa shape index (κ1) is 20.7. The van der Waals surface area contributed by atoms with E-state index in [0.717, 1.165) is 22.3 Å². The molecule has 4 rings (SSSR count). The summed E-state index contributed by atoms with van der Waals surface area (Å²) in [5.41, 5.74) is 2.43. The maximum Gasteiger partial charge on any atom is 0.325 e. The number of anilines is 1. The smallest absolute Gasteiger partial charge is 0.325 e. The fourth-order valence-corrected chi connectivity index (χ4v) is 4.29. The predicted molar refractivity (Wildman–Crippen MR) is 117 cm³/mol. The Bertz CT molecular complexity index is 1080. The molecule has 162 valence electrons. The number of nitrogens with zero attached hydrogens (tertiary/aromatic N) is 3. The van der Waals surface area contributed by atoms with Crippen LogP contribution in [0.4, 0.5) is 5.69 Å². The molecule has 2 heterocycles. The molecule has 8 heteroatoms. The zero-order valence-electron chi connectivity index (χ0n) is 17.3. The number of para-hydroxylation sites is 1. The first-order valence-electron chi connectivity index (χ1n) is 10.1. The van der Waals surface area contributed by atoms with Crippen LogP contribution in [-0.4, -0.2) is 64.9 Å². The molecule has 1 aromatic heterocycles. The van der Waals surface area contributed by atoms with Crippen molar-refractivity contribution < 1.29 is 24.5 Å². The van der Waals surface area contributed by atoms with E-state index >= 15 is 0 Å². The van der Waals surface area contributed by atoms with Gasteiger partial charge < -0.3 is 24.4 Å². The Morgan fingerprint density at radius 2 is 1.68 bits per heavy atom. The molecular formula is C23H25N3O5. The standard InChI is InChI=1S/C23H25N3O5/c1-31-17-8-6-16(7-9-17)24-10-12-25(13-11-24)22(23(29)30)19-14-26(15-21(27)28)20-5-3-2-4-18(19)20/h2-9,14,22H,10-13,15H2,1H3,(H,27,28)(H,29,30). The van der Waals surface area contributed by atoms with E-state index in [1.165, 1.54) is 0 Å². The molecule has 1 fully saturated rings. The average Bonchev–Trinajstić information content (AvgIpc) is 3.12. The van der Waals surface area contributed by atoms with Crippen molar-refractivity contribution in [2.75, 3.05) is 38.2 Å². The van der Waals surface area contributed by atoms with E-state index in [2.05, 4.69) is 4.90 Å². The Balaban J connectivity index is 1.58. The molecular weight excluding hydrogens is 398 g/mol. The highest BCUT2D eigenvalue weighted by Crippen LogP contribution is 2.32. The van der Waals surface area contributed by atoms with E-state index in [1.54, 1.807) is 17.9 Å². The van der Waals surface area contributed by atoms with Gasteiger partial charge in [-0.05, 0) is 30.3 Å². The topological polar surface area (TPSA) is 95.2 Å². The molecule has 2 N–H and O–H groups in total. The predicted octanol–water partition coefficient (Wildman–Crippen LogP) is 2.68. The first-order valence-corrected chi connectivity index (χ1v) is 10.1. The molecule has 1 aliphatic rings. The summed E-state index contributed by atoms with van der Waals surface area (Å²) < 4.78 is 6.82. The highest BCUT2D eigenvalue weighted by atomic mass is 16.5. The third kappa shape index (κ3) is 4.20. The van der Waals surface area contributed by atoms with Crippen LogP contribution in [0.25, 0.3) is 10.9 Å². The van der Waals surface area contributed by atoms with Gasteiger partial charge in [-0.3, -0.25) is 14.5 Å². The third-order valence-corrected chi connectivity index (χ3v) is 5.77. The number of fused-ring (bicyclic) bond motifs is 1. The van der Waals surface area contributed by atoms with Gasteiger partial charge >= 0.3 is 11.9 Å². The van der Waals surface area contributed by atoms with Crippen LogP contribution >= 0.6 is 0 Å². The number of aliphatic carboxylic acids is 2. The van der Waals surface area contributed by atoms with E-state index in [0.29, 0.717) is 31.7 Å². The number of rotatable bonds is 7. The van der Waals surface area contributed by atoms with Gasteiger partial charge in [0.1, 0.15) is 18.3 Å². The molecule has 1 saturated heterocycles. The maximum absolute atomic E-state index is 12.3. The van der Waals surface area contributed by atoms with Crippen LogP contribution in [0.1, 0.15) is 11.6 Å². The van der Waals surface area contributed by atoms with Crippen molar-refractivity contribution in [1.82, 2.24) is 9.47 Å². The summed E-state index contributed by atoms with van der Waals surface area (Å²) in [6, 6.07) is 14.3. The lowest BCUT2D eigenvalue weighted by molar-refractivity contribution is -0.143. The fourth-order valence-electron chi connectivity index (χ4n) is 4.29. The van der Waals surface area contributed by atoms with E-state index in [-0.39, 0.29) is 6.54 Å². The number of methoxy groups -OCH3 is 1. The van der Waals surface area contributed by atoms with Crippen LogP contribution in [-0.2, 0) is 16.1 Å². The minimum absolute atomic E-state index is 0.210. The summed E-state index contributed by atoms with van der Waals surface area (Å²) in [4.78, 5) is 27.8. The summed E-state index contributed by atoms with van der Waals surface area (Å²) in [7, 11) is 1.63. The molecule has 1 aliphatic heterocycles. The second-order valence-electron chi connectivity index (χ2n) is 7.59. The first-order chi connectivity index (χ1) is 15.0. The Kier molecular flexibility index (Phi) is 5.81. The number of hydrogen-bond donors (Lipinski definition) is 2. The van der Waals surface area contributed by atoms with Gasteiger partial charge in [-0.1, -0.05) is 18.2 Å². The second-order valence-corrected chi connectivity index (χ2v) is 7.59. The molecule has 0 spiro atoms. The number of carboxylic acid groups (broad SMARTS) is 2. The van der Waals surface area contributed by atoms with Gasteiger partial charge in [-0.2, -0.15) is 0 Å². The third-order valence-electron chi connectivity index (χ3n) is 5.77. The van der Waals surface area contributed by atoms with Gasteiger partial charge in [0.15, 0.2) is 0 Å². The molecule has 0 radical (unpaired) electrons. The Labute approximate surface area is 179 Å². The lowest BCUT2D eigenvalue weighted by Crippen LogP contribution is -2.49. The Morgan fingerprint density at radius 3 is 2.29 bits per heavy atom. The summed E-state index contributed by atoms with van der Waals surface area (Å²) in [5, 5.41) is 20.1. The molecule has 8 nitrogen and oxygen atoms in total. The SMILES string of the molecule is COc1ccc(N2CCN(C(C(=O)O)c3cn(CC(=O)O)c4ccccc34)CC2)cc1. The molecule has 0 bridgehead atoms. The molecule has 0 aliphatic carbocycles. The molecule has 31 heavy (non-hydrogen) atoms. The van der Waals surface area contributed by atoms with Crippen molar-refractivity contribution in [3.05, 3.63) is 60.3 Å². The maximum atomic E-state index is 12.3. The quantitative estimate of drug-likeness (QED) is 0.603. The highest BCUT2D eigenvalue weighted by Gasteiger charge is 2.33. The highest BCUT2D eigenvalue weighted by molar-refractivity contribution is 5.90. The largest absolute Gasteiger partial charge is 0.497 e. The summed E-state index contributed by atoms with van der Waals surface area (Å²) in [6.07, 6.45) is 1.67. The number of aromatic nitrogens is 1. The van der Waals surface area contributed by atoms with Gasteiger partial charge in [0, 0.05) is 54.5 Å². The lowest BCUT2D eigenvalue weighted by atomic mass is 10.0. The van der Waals surface area contributed by atoms with E-state index in [1.807, 2.05) is 53.4 Å². The minimum Gasteiger partial charge on any atom is -0.497 e. The van der Waals surface area contributed by atoms with Gasteiger partial charge in [-0.25, -0.2) is 0 Å². The fraction of sp³-hybridized carbons (Fsp3) is 0.304. The van der Waals surface area contributed by atoms with Crippen molar-refractivity contribution in [1.29, 1.82) is 0 Å². The van der Waals surface area contributed by atoms with Gasteiger partial charge in [-0.15, -0.1) is 0 Å². The van der Waals surface area contributed by atoms with Crippen LogP contribution in [0.15, 0.2) is 54.7 Å². The number of piperazine rings is 1. The number of carboxylic acids is 2. The summed E-state index contributed by atoms with van der Waals surface area (Å²) >= 11 is 0. The van der Waals surface area contributed by atoms with Crippen molar-refractivity contribution in [2.24, 2.45) is 0 Å². The summed E-state index contributed by atoms with van der Waals surface area (Å²) in [6.45, 7) is 2.36. The normalized spacial score (nSPS) is 15.7. The number of ether oxygens (including phenoxy) is 1. The number of benzene rings is 2. The molecule has 0 saturated carbocycles. The van der Waals surface area contributed by atoms with Crippen LogP contribution < -0.4 is 9.64 Å². The molecule has 0 amide bonds. The van der Waals surface area contributed by atoms with Crippen LogP contribution in [0, 0.1) is 0 Å². The molecule has 1 unspecified atom stereocenters. The Morgan fingerprint density at radius 1 is 1.00 bits per heavy atom. The zero-order valence-corrected chi connectivity index (χ0v) is 17.3.